The maximum absolute atomic E-state index is 12.1. The fraction of sp³-hybridized carbons (Fsp3) is 0. The second-order valence-corrected chi connectivity index (χ2v) is 4.84. The van der Waals surface area contributed by atoms with Gasteiger partial charge in [-0.25, -0.2) is 9.97 Å². The Morgan fingerprint density at radius 2 is 2.20 bits per heavy atom. The van der Waals surface area contributed by atoms with Gasteiger partial charge in [-0.1, -0.05) is 11.6 Å². The number of H-pyrrole nitrogens is 1. The van der Waals surface area contributed by atoms with Gasteiger partial charge in [0.2, 0.25) is 5.95 Å². The van der Waals surface area contributed by atoms with E-state index in [0.29, 0.717) is 21.3 Å². The zero-order valence-corrected chi connectivity index (χ0v) is 12.1. The minimum Gasteiger partial charge on any atom is -0.341 e. The van der Waals surface area contributed by atoms with E-state index < -0.39 is 5.91 Å². The molecule has 7 nitrogen and oxygen atoms in total. The molecule has 1 amide bonds. The number of carbonyl (C=O) groups excluding carboxylic acids is 1. The van der Waals surface area contributed by atoms with Crippen molar-refractivity contribution in [2.24, 2.45) is 0 Å². The summed E-state index contributed by atoms with van der Waals surface area (Å²) >= 11 is 9.17. The van der Waals surface area contributed by atoms with E-state index in [-0.39, 0.29) is 11.1 Å². The average molecular weight is 354 g/mol. The minimum atomic E-state index is -0.393. The Morgan fingerprint density at radius 1 is 1.35 bits per heavy atom. The zero-order chi connectivity index (χ0) is 14.1. The molecule has 0 saturated heterocycles. The molecule has 3 aromatic rings. The number of hydrogen-bond acceptors (Lipinski definition) is 5. The molecule has 2 N–H and O–H groups in total. The molecule has 0 aliphatic rings. The van der Waals surface area contributed by atoms with Gasteiger partial charge in [0.25, 0.3) is 5.91 Å². The lowest BCUT2D eigenvalue weighted by Gasteiger charge is -2.05. The number of amides is 1. The maximum atomic E-state index is 12.1. The van der Waals surface area contributed by atoms with Crippen LogP contribution in [-0.4, -0.2) is 30.8 Å². The van der Waals surface area contributed by atoms with E-state index in [4.69, 9.17) is 11.6 Å². The number of pyridine rings is 1. The summed E-state index contributed by atoms with van der Waals surface area (Å²) < 4.78 is 0.435. The van der Waals surface area contributed by atoms with Crippen LogP contribution in [0.2, 0.25) is 5.15 Å². The van der Waals surface area contributed by atoms with E-state index in [1.807, 2.05) is 0 Å². The van der Waals surface area contributed by atoms with Crippen molar-refractivity contribution in [3.05, 3.63) is 40.0 Å². The van der Waals surface area contributed by atoms with Gasteiger partial charge in [0, 0.05) is 6.20 Å². The molecule has 0 atom stereocenters. The molecule has 3 heterocycles. The fourth-order valence-corrected chi connectivity index (χ4v) is 2.23. The van der Waals surface area contributed by atoms with E-state index in [0.717, 1.165) is 0 Å². The van der Waals surface area contributed by atoms with Gasteiger partial charge in [0.15, 0.2) is 10.8 Å². The molecule has 3 aromatic heterocycles. The average Bonchev–Trinajstić information content (AvgIpc) is 2.88. The van der Waals surface area contributed by atoms with E-state index in [1.54, 1.807) is 18.3 Å². The monoisotopic (exact) mass is 352 g/mol. The molecule has 0 aliphatic heterocycles. The molecule has 0 fully saturated rings. The van der Waals surface area contributed by atoms with Crippen molar-refractivity contribution in [3.63, 3.8) is 0 Å². The molecule has 0 spiro atoms. The summed E-state index contributed by atoms with van der Waals surface area (Å²) in [6, 6.07) is 3.28. The number of carbonyl (C=O) groups is 1. The van der Waals surface area contributed by atoms with E-state index in [9.17, 15) is 4.79 Å². The van der Waals surface area contributed by atoms with Gasteiger partial charge < -0.3 is 4.98 Å². The van der Waals surface area contributed by atoms with Crippen LogP contribution in [0.25, 0.3) is 11.2 Å². The highest BCUT2D eigenvalue weighted by Crippen LogP contribution is 2.19. The highest BCUT2D eigenvalue weighted by atomic mass is 79.9. The van der Waals surface area contributed by atoms with Crippen LogP contribution >= 0.6 is 27.5 Å². The normalized spacial score (nSPS) is 10.7. The van der Waals surface area contributed by atoms with Crippen LogP contribution < -0.4 is 5.32 Å². The van der Waals surface area contributed by atoms with Crippen molar-refractivity contribution >= 4 is 50.6 Å². The Kier molecular flexibility index (Phi) is 3.33. The number of anilines is 1. The second-order valence-electron chi connectivity index (χ2n) is 3.74. The summed E-state index contributed by atoms with van der Waals surface area (Å²) in [7, 11) is 0. The van der Waals surface area contributed by atoms with E-state index in [2.05, 4.69) is 46.2 Å². The van der Waals surface area contributed by atoms with Gasteiger partial charge in [0.1, 0.15) is 10.1 Å². The molecule has 20 heavy (non-hydrogen) atoms. The summed E-state index contributed by atoms with van der Waals surface area (Å²) in [4.78, 5) is 30.9. The molecule has 0 radical (unpaired) electrons. The van der Waals surface area contributed by atoms with Crippen LogP contribution in [0.5, 0.6) is 0 Å². The van der Waals surface area contributed by atoms with Crippen molar-refractivity contribution in [2.45, 2.75) is 0 Å². The summed E-state index contributed by atoms with van der Waals surface area (Å²) in [6.45, 7) is 0. The maximum Gasteiger partial charge on any atom is 0.260 e. The third kappa shape index (κ3) is 2.35. The van der Waals surface area contributed by atoms with Crippen LogP contribution in [0.3, 0.4) is 0 Å². The summed E-state index contributed by atoms with van der Waals surface area (Å²) in [6.07, 6.45) is 3.03. The largest absolute Gasteiger partial charge is 0.341 e. The van der Waals surface area contributed by atoms with Crippen molar-refractivity contribution < 1.29 is 4.79 Å². The SMILES string of the molecule is O=C(Nc1nc(Cl)c2[nH]cnc2n1)c1cccnc1Br. The highest BCUT2D eigenvalue weighted by Gasteiger charge is 2.14. The van der Waals surface area contributed by atoms with Gasteiger partial charge in [-0.3, -0.25) is 10.1 Å². The van der Waals surface area contributed by atoms with Gasteiger partial charge in [-0.2, -0.15) is 9.97 Å². The van der Waals surface area contributed by atoms with Crippen molar-refractivity contribution in [2.75, 3.05) is 5.32 Å². The first-order chi connectivity index (χ1) is 9.65. The van der Waals surface area contributed by atoms with E-state index >= 15 is 0 Å². The molecule has 0 unspecified atom stereocenters. The lowest BCUT2D eigenvalue weighted by molar-refractivity contribution is 0.102. The Bertz CT molecular complexity index is 804. The first kappa shape index (κ1) is 12.9. The van der Waals surface area contributed by atoms with Crippen molar-refractivity contribution in [1.82, 2.24) is 24.9 Å². The summed E-state index contributed by atoms with van der Waals surface area (Å²) in [5, 5.41) is 2.74. The number of imidazole rings is 1. The number of nitrogens with zero attached hydrogens (tertiary/aromatic N) is 4. The molecular weight excluding hydrogens is 348 g/mol. The molecule has 9 heteroatoms. The van der Waals surface area contributed by atoms with Crippen molar-refractivity contribution in [1.29, 1.82) is 0 Å². The summed E-state index contributed by atoms with van der Waals surface area (Å²) in [5.41, 5.74) is 1.27. The zero-order valence-electron chi connectivity index (χ0n) is 9.76. The lowest BCUT2D eigenvalue weighted by atomic mass is 10.3. The van der Waals surface area contributed by atoms with Gasteiger partial charge in [-0.15, -0.1) is 0 Å². The first-order valence-electron chi connectivity index (χ1n) is 5.43. The molecule has 0 aromatic carbocycles. The smallest absolute Gasteiger partial charge is 0.260 e. The number of fused-ring (bicyclic) bond motifs is 1. The molecule has 3 rings (SSSR count). The van der Waals surface area contributed by atoms with Gasteiger partial charge >= 0.3 is 0 Å². The second kappa shape index (κ2) is 5.14. The number of hydrogen-bond donors (Lipinski definition) is 2. The Balaban J connectivity index is 1.93. The minimum absolute atomic E-state index is 0.0790. The third-order valence-corrected chi connectivity index (χ3v) is 3.38. The fourth-order valence-electron chi connectivity index (χ4n) is 1.58. The van der Waals surface area contributed by atoms with Gasteiger partial charge in [-0.05, 0) is 28.1 Å². The van der Waals surface area contributed by atoms with Crippen LogP contribution in [0.4, 0.5) is 5.95 Å². The predicted molar refractivity (Wildman–Crippen MR) is 76.6 cm³/mol. The predicted octanol–water partition coefficient (Wildman–Crippen LogP) is 2.42. The van der Waals surface area contributed by atoms with Crippen LogP contribution in [0, 0.1) is 0 Å². The first-order valence-corrected chi connectivity index (χ1v) is 6.61. The topological polar surface area (TPSA) is 96.5 Å². The molecule has 0 saturated carbocycles. The number of nitrogens with one attached hydrogen (secondary N) is 2. The quantitative estimate of drug-likeness (QED) is 0.545. The van der Waals surface area contributed by atoms with E-state index in [1.165, 1.54) is 6.33 Å². The standard InChI is InChI=1S/C11H6BrClN6O/c12-7-5(2-1-3-14-7)10(20)19-11-17-8(13)6-9(18-11)16-4-15-6/h1-4H,(H2,15,16,17,18,19,20). The Hall–Kier alpha value is -2.06. The lowest BCUT2D eigenvalue weighted by Crippen LogP contribution is -2.15. The van der Waals surface area contributed by atoms with Gasteiger partial charge in [0.05, 0.1) is 11.9 Å². The van der Waals surface area contributed by atoms with Crippen molar-refractivity contribution in [3.8, 4) is 0 Å². The van der Waals surface area contributed by atoms with Crippen LogP contribution in [0.1, 0.15) is 10.4 Å². The number of halogens is 2. The third-order valence-electron chi connectivity index (χ3n) is 2.47. The number of aromatic nitrogens is 5. The van der Waals surface area contributed by atoms with Crippen LogP contribution in [0.15, 0.2) is 29.3 Å². The summed E-state index contributed by atoms with van der Waals surface area (Å²) in [5.74, 6) is -0.314. The molecule has 0 bridgehead atoms. The molecule has 0 aliphatic carbocycles. The highest BCUT2D eigenvalue weighted by molar-refractivity contribution is 9.10. The number of rotatable bonds is 2. The van der Waals surface area contributed by atoms with Crippen LogP contribution in [-0.2, 0) is 0 Å². The Morgan fingerprint density at radius 3 is 3.00 bits per heavy atom. The molecular formula is C11H6BrClN6O. The number of aromatic amines is 1. The Labute approximate surface area is 126 Å². The molecule has 100 valence electrons.